The van der Waals surface area contributed by atoms with Crippen molar-refractivity contribution < 1.29 is 14.3 Å². The van der Waals surface area contributed by atoms with Crippen LogP contribution in [-0.4, -0.2) is 39.5 Å². The highest BCUT2D eigenvalue weighted by molar-refractivity contribution is 8.01. The molecule has 2 bridgehead atoms. The standard InChI is InChI=1S/C23H37FN2O2S/c1-8-9-10-19(16(3)24)29-26(7)22(4,5)21(27)25-20-15(2)11-17-12-18(20)14-23(6,28)13-17/h8-10,15,17-18,20,28H,3,11-14H2,1-2,4-7H3,(H,25,27)/b9-8-,19-10+. The summed E-state index contributed by atoms with van der Waals surface area (Å²) >= 11 is 1.18. The molecule has 0 aromatic carbocycles. The number of halogens is 1. The molecule has 0 radical (unpaired) electrons. The quantitative estimate of drug-likeness (QED) is 0.447. The Balaban J connectivity index is 2.10. The van der Waals surface area contributed by atoms with Gasteiger partial charge in [-0.1, -0.05) is 25.7 Å². The summed E-state index contributed by atoms with van der Waals surface area (Å²) in [7, 11) is 1.79. The molecule has 2 saturated carbocycles. The fourth-order valence-electron chi connectivity index (χ4n) is 4.80. The molecule has 4 nitrogen and oxygen atoms in total. The van der Waals surface area contributed by atoms with Crippen LogP contribution < -0.4 is 5.32 Å². The molecule has 1 amide bonds. The summed E-state index contributed by atoms with van der Waals surface area (Å²) in [6.07, 6.45) is 8.90. The Morgan fingerprint density at radius 1 is 1.38 bits per heavy atom. The number of carbonyl (C=O) groups excluding carboxylic acids is 1. The smallest absolute Gasteiger partial charge is 0.241 e. The third-order valence-electron chi connectivity index (χ3n) is 6.48. The maximum atomic E-state index is 13.8. The molecule has 2 fully saturated rings. The van der Waals surface area contributed by atoms with Crippen LogP contribution in [0.1, 0.15) is 60.3 Å². The van der Waals surface area contributed by atoms with Gasteiger partial charge in [0.1, 0.15) is 11.4 Å². The van der Waals surface area contributed by atoms with E-state index in [1.54, 1.807) is 23.5 Å². The second kappa shape index (κ2) is 9.36. The number of rotatable bonds is 7. The van der Waals surface area contributed by atoms with Crippen LogP contribution in [0.2, 0.25) is 0 Å². The van der Waals surface area contributed by atoms with E-state index < -0.39 is 17.0 Å². The highest BCUT2D eigenvalue weighted by atomic mass is 32.2. The van der Waals surface area contributed by atoms with Crippen LogP contribution in [0.4, 0.5) is 4.39 Å². The molecule has 0 aliphatic heterocycles. The molecule has 0 heterocycles. The highest BCUT2D eigenvalue weighted by Gasteiger charge is 2.46. The molecule has 0 aromatic heterocycles. The SMILES string of the molecule is C=C(F)/C(=C\C=C/C)SN(C)C(C)(C)C(=O)NC1C(C)CC2CC1CC(C)(O)C2. The molecule has 0 saturated heterocycles. The Bertz CT molecular complexity index is 684. The highest BCUT2D eigenvalue weighted by Crippen LogP contribution is 2.46. The maximum absolute atomic E-state index is 13.8. The van der Waals surface area contributed by atoms with E-state index in [9.17, 15) is 14.3 Å². The van der Waals surface area contributed by atoms with Gasteiger partial charge in [0.2, 0.25) is 5.91 Å². The van der Waals surface area contributed by atoms with Crippen molar-refractivity contribution in [1.82, 2.24) is 9.62 Å². The third kappa shape index (κ3) is 5.96. The number of hydrogen-bond acceptors (Lipinski definition) is 4. The number of nitrogens with zero attached hydrogens (tertiary/aromatic N) is 1. The number of nitrogens with one attached hydrogen (secondary N) is 1. The van der Waals surface area contributed by atoms with E-state index in [4.69, 9.17) is 0 Å². The molecule has 2 aliphatic carbocycles. The van der Waals surface area contributed by atoms with Gasteiger partial charge in [-0.05, 0) is 96.2 Å². The fourth-order valence-corrected chi connectivity index (χ4v) is 5.65. The summed E-state index contributed by atoms with van der Waals surface area (Å²) in [5.41, 5.74) is -1.49. The van der Waals surface area contributed by atoms with Crippen molar-refractivity contribution in [3.8, 4) is 0 Å². The first-order chi connectivity index (χ1) is 13.4. The van der Waals surface area contributed by atoms with Crippen molar-refractivity contribution in [2.75, 3.05) is 7.05 Å². The van der Waals surface area contributed by atoms with E-state index in [0.717, 1.165) is 25.7 Å². The Hall–Kier alpha value is -1.11. The molecule has 164 valence electrons. The van der Waals surface area contributed by atoms with Gasteiger partial charge < -0.3 is 10.4 Å². The minimum atomic E-state index is -0.844. The molecule has 2 rings (SSSR count). The molecule has 29 heavy (non-hydrogen) atoms. The monoisotopic (exact) mass is 424 g/mol. The van der Waals surface area contributed by atoms with Crippen molar-refractivity contribution in [3.05, 3.63) is 35.5 Å². The lowest BCUT2D eigenvalue weighted by Gasteiger charge is -2.50. The van der Waals surface area contributed by atoms with Crippen LogP contribution in [0.3, 0.4) is 0 Å². The van der Waals surface area contributed by atoms with Crippen LogP contribution >= 0.6 is 11.9 Å². The predicted molar refractivity (Wildman–Crippen MR) is 120 cm³/mol. The second-order valence-corrected chi connectivity index (χ2v) is 10.8. The average molecular weight is 425 g/mol. The van der Waals surface area contributed by atoms with E-state index in [0.29, 0.717) is 22.7 Å². The Morgan fingerprint density at radius 2 is 2.03 bits per heavy atom. The van der Waals surface area contributed by atoms with Crippen molar-refractivity contribution in [1.29, 1.82) is 0 Å². The topological polar surface area (TPSA) is 52.6 Å². The summed E-state index contributed by atoms with van der Waals surface area (Å²) in [6, 6.07) is 0.0531. The van der Waals surface area contributed by atoms with Crippen molar-refractivity contribution in [3.63, 3.8) is 0 Å². The maximum Gasteiger partial charge on any atom is 0.241 e. The number of fused-ring (bicyclic) bond motifs is 2. The van der Waals surface area contributed by atoms with Gasteiger partial charge in [0, 0.05) is 6.04 Å². The first-order valence-corrected chi connectivity index (χ1v) is 11.3. The molecule has 2 aliphatic rings. The Kier molecular flexibility index (Phi) is 7.80. The molecule has 0 spiro atoms. The average Bonchev–Trinajstić information content (AvgIpc) is 2.59. The van der Waals surface area contributed by atoms with E-state index >= 15 is 0 Å². The molecule has 0 aromatic rings. The number of likely N-dealkylation sites (N-methyl/N-ethyl adjacent to an activating group) is 1. The van der Waals surface area contributed by atoms with Gasteiger partial charge in [0.05, 0.1) is 10.5 Å². The minimum Gasteiger partial charge on any atom is -0.390 e. The number of hydrogen-bond donors (Lipinski definition) is 2. The lowest BCUT2D eigenvalue weighted by atomic mass is 9.61. The molecule has 2 N–H and O–H groups in total. The number of aliphatic hydroxyl groups is 1. The van der Waals surface area contributed by atoms with Crippen molar-refractivity contribution in [2.45, 2.75) is 77.5 Å². The van der Waals surface area contributed by atoms with Gasteiger partial charge >= 0.3 is 0 Å². The zero-order valence-corrected chi connectivity index (χ0v) is 19.5. The van der Waals surface area contributed by atoms with Gasteiger partial charge in [0.15, 0.2) is 0 Å². The number of amides is 1. The largest absolute Gasteiger partial charge is 0.390 e. The normalized spacial score (nSPS) is 33.2. The molecular formula is C23H37FN2O2S. The summed E-state index contributed by atoms with van der Waals surface area (Å²) in [6.45, 7) is 13.1. The Morgan fingerprint density at radius 3 is 2.62 bits per heavy atom. The van der Waals surface area contributed by atoms with E-state index in [1.165, 1.54) is 11.9 Å². The number of allylic oxidation sites excluding steroid dienone is 4. The van der Waals surface area contributed by atoms with Crippen LogP contribution in [0.15, 0.2) is 35.5 Å². The third-order valence-corrected chi connectivity index (χ3v) is 7.76. The zero-order valence-electron chi connectivity index (χ0n) is 18.7. The number of carbonyl (C=O) groups is 1. The van der Waals surface area contributed by atoms with Crippen molar-refractivity contribution >= 4 is 17.9 Å². The Labute approximate surface area is 179 Å². The van der Waals surface area contributed by atoms with E-state index in [1.807, 2.05) is 33.8 Å². The van der Waals surface area contributed by atoms with E-state index in [2.05, 4.69) is 18.8 Å². The first-order valence-electron chi connectivity index (χ1n) is 10.5. The molecule has 6 heteroatoms. The zero-order chi connectivity index (χ0) is 22.0. The lowest BCUT2D eigenvalue weighted by molar-refractivity contribution is -0.132. The lowest BCUT2D eigenvalue weighted by Crippen LogP contribution is -2.59. The minimum absolute atomic E-state index is 0.0531. The summed E-state index contributed by atoms with van der Waals surface area (Å²) < 4.78 is 15.6. The summed E-state index contributed by atoms with van der Waals surface area (Å²) in [5, 5.41) is 13.9. The summed E-state index contributed by atoms with van der Waals surface area (Å²) in [4.78, 5) is 13.6. The van der Waals surface area contributed by atoms with Crippen LogP contribution in [0.5, 0.6) is 0 Å². The van der Waals surface area contributed by atoms with Crippen LogP contribution in [-0.2, 0) is 4.79 Å². The fraction of sp³-hybridized carbons (Fsp3) is 0.696. The van der Waals surface area contributed by atoms with Gasteiger partial charge in [-0.3, -0.25) is 4.79 Å². The van der Waals surface area contributed by atoms with Crippen molar-refractivity contribution in [2.24, 2.45) is 17.8 Å². The van der Waals surface area contributed by atoms with Crippen LogP contribution in [0.25, 0.3) is 0 Å². The molecule has 5 unspecified atom stereocenters. The van der Waals surface area contributed by atoms with Gasteiger partial charge in [-0.2, -0.15) is 0 Å². The second-order valence-electron chi connectivity index (χ2n) is 9.59. The van der Waals surface area contributed by atoms with Gasteiger partial charge in [-0.15, -0.1) is 0 Å². The molecular weight excluding hydrogens is 387 g/mol. The van der Waals surface area contributed by atoms with E-state index in [-0.39, 0.29) is 11.9 Å². The van der Waals surface area contributed by atoms with Crippen LogP contribution in [0, 0.1) is 17.8 Å². The van der Waals surface area contributed by atoms with Gasteiger partial charge in [-0.25, -0.2) is 8.70 Å². The first kappa shape index (κ1) is 24.2. The molecule has 5 atom stereocenters. The predicted octanol–water partition coefficient (Wildman–Crippen LogP) is 4.98. The van der Waals surface area contributed by atoms with Gasteiger partial charge in [0.25, 0.3) is 0 Å². The summed E-state index contributed by atoms with van der Waals surface area (Å²) in [5.74, 6) is 0.604.